The van der Waals surface area contributed by atoms with Crippen LogP contribution in [-0.2, 0) is 9.59 Å². The SMILES string of the molecule is COc1cccc(N2CCN(C(=O)[C@@H]3C[C@@]4(CCN(C(C)C)C4)C(=O)N3)CC2)c1. The van der Waals surface area contributed by atoms with Gasteiger partial charge < -0.3 is 19.9 Å². The number of nitrogens with zero attached hydrogens (tertiary/aromatic N) is 3. The molecule has 7 nitrogen and oxygen atoms in total. The lowest BCUT2D eigenvalue weighted by molar-refractivity contribution is -0.134. The number of benzene rings is 1. The Morgan fingerprint density at radius 3 is 2.62 bits per heavy atom. The molecular weight excluding hydrogens is 368 g/mol. The van der Waals surface area contributed by atoms with Gasteiger partial charge in [-0.05, 0) is 45.4 Å². The Kier molecular flexibility index (Phi) is 5.42. The van der Waals surface area contributed by atoms with Gasteiger partial charge in [0.05, 0.1) is 12.5 Å². The van der Waals surface area contributed by atoms with Crippen LogP contribution in [0, 0.1) is 5.41 Å². The predicted molar refractivity (Wildman–Crippen MR) is 112 cm³/mol. The van der Waals surface area contributed by atoms with E-state index in [4.69, 9.17) is 4.74 Å². The minimum atomic E-state index is -0.382. The molecule has 1 aromatic carbocycles. The van der Waals surface area contributed by atoms with Crippen molar-refractivity contribution in [2.75, 3.05) is 51.3 Å². The molecule has 0 radical (unpaired) electrons. The van der Waals surface area contributed by atoms with Crippen LogP contribution in [0.15, 0.2) is 24.3 Å². The van der Waals surface area contributed by atoms with E-state index in [9.17, 15) is 9.59 Å². The highest BCUT2D eigenvalue weighted by molar-refractivity contribution is 5.94. The van der Waals surface area contributed by atoms with Gasteiger partial charge in [-0.3, -0.25) is 14.5 Å². The van der Waals surface area contributed by atoms with E-state index in [1.807, 2.05) is 23.1 Å². The number of rotatable bonds is 4. The van der Waals surface area contributed by atoms with Gasteiger partial charge in [0.25, 0.3) is 0 Å². The summed E-state index contributed by atoms with van der Waals surface area (Å²) in [6, 6.07) is 8.08. The van der Waals surface area contributed by atoms with Gasteiger partial charge in [0, 0.05) is 50.5 Å². The molecule has 3 saturated heterocycles. The summed E-state index contributed by atoms with van der Waals surface area (Å²) in [5.41, 5.74) is 0.733. The first-order valence-corrected chi connectivity index (χ1v) is 10.6. The van der Waals surface area contributed by atoms with Crippen molar-refractivity contribution in [1.29, 1.82) is 0 Å². The summed E-state index contributed by atoms with van der Waals surface area (Å²) in [6.45, 7) is 8.94. The summed E-state index contributed by atoms with van der Waals surface area (Å²) < 4.78 is 5.32. The second-order valence-corrected chi connectivity index (χ2v) is 8.84. The Balaban J connectivity index is 1.35. The van der Waals surface area contributed by atoms with Crippen LogP contribution in [0.1, 0.15) is 26.7 Å². The van der Waals surface area contributed by atoms with Crippen LogP contribution < -0.4 is 15.0 Å². The zero-order chi connectivity index (χ0) is 20.6. The van der Waals surface area contributed by atoms with Crippen molar-refractivity contribution in [3.8, 4) is 5.75 Å². The first-order chi connectivity index (χ1) is 13.9. The number of likely N-dealkylation sites (tertiary alicyclic amines) is 1. The lowest BCUT2D eigenvalue weighted by Crippen LogP contribution is -2.53. The van der Waals surface area contributed by atoms with Gasteiger partial charge >= 0.3 is 0 Å². The van der Waals surface area contributed by atoms with Crippen LogP contribution in [0.3, 0.4) is 0 Å². The van der Waals surface area contributed by atoms with E-state index in [-0.39, 0.29) is 23.3 Å². The van der Waals surface area contributed by atoms with E-state index >= 15 is 0 Å². The topological polar surface area (TPSA) is 65.1 Å². The molecule has 2 amide bonds. The van der Waals surface area contributed by atoms with E-state index in [1.54, 1.807) is 7.11 Å². The Morgan fingerprint density at radius 1 is 1.21 bits per heavy atom. The largest absolute Gasteiger partial charge is 0.497 e. The second-order valence-electron chi connectivity index (χ2n) is 8.84. The fourth-order valence-electron chi connectivity index (χ4n) is 4.90. The molecular formula is C22H32N4O3. The fourth-order valence-corrected chi connectivity index (χ4v) is 4.90. The number of hydrogen-bond donors (Lipinski definition) is 1. The third kappa shape index (κ3) is 3.80. The van der Waals surface area contributed by atoms with Gasteiger partial charge in [-0.1, -0.05) is 6.07 Å². The molecule has 3 heterocycles. The number of carbonyl (C=O) groups excluding carboxylic acids is 2. The number of amides is 2. The number of carbonyl (C=O) groups is 2. The van der Waals surface area contributed by atoms with Crippen molar-refractivity contribution < 1.29 is 14.3 Å². The molecule has 3 aliphatic heterocycles. The molecule has 0 aromatic heterocycles. The van der Waals surface area contributed by atoms with Crippen molar-refractivity contribution in [3.05, 3.63) is 24.3 Å². The van der Waals surface area contributed by atoms with Crippen molar-refractivity contribution in [1.82, 2.24) is 15.1 Å². The summed E-state index contributed by atoms with van der Waals surface area (Å²) >= 11 is 0. The fraction of sp³-hybridized carbons (Fsp3) is 0.636. The van der Waals surface area contributed by atoms with Gasteiger partial charge in [0.1, 0.15) is 11.8 Å². The number of methoxy groups -OCH3 is 1. The average molecular weight is 401 g/mol. The highest BCUT2D eigenvalue weighted by Gasteiger charge is 2.53. The molecule has 4 rings (SSSR count). The smallest absolute Gasteiger partial charge is 0.245 e. The number of ether oxygens (including phenoxy) is 1. The van der Waals surface area contributed by atoms with E-state index in [1.165, 1.54) is 0 Å². The zero-order valence-electron chi connectivity index (χ0n) is 17.7. The van der Waals surface area contributed by atoms with Crippen LogP contribution in [0.4, 0.5) is 5.69 Å². The van der Waals surface area contributed by atoms with E-state index in [0.717, 1.165) is 44.0 Å². The summed E-state index contributed by atoms with van der Waals surface area (Å²) in [5, 5.41) is 3.01. The lowest BCUT2D eigenvalue weighted by atomic mass is 9.83. The van der Waals surface area contributed by atoms with Gasteiger partial charge in [0.15, 0.2) is 0 Å². The minimum Gasteiger partial charge on any atom is -0.497 e. The maximum atomic E-state index is 13.1. The molecule has 0 aliphatic carbocycles. The first-order valence-electron chi connectivity index (χ1n) is 10.6. The lowest BCUT2D eigenvalue weighted by Gasteiger charge is -2.37. The molecule has 29 heavy (non-hydrogen) atoms. The molecule has 158 valence electrons. The number of anilines is 1. The molecule has 1 aromatic rings. The molecule has 3 fully saturated rings. The highest BCUT2D eigenvalue weighted by Crippen LogP contribution is 2.40. The summed E-state index contributed by atoms with van der Waals surface area (Å²) in [6.07, 6.45) is 1.48. The maximum absolute atomic E-state index is 13.1. The van der Waals surface area contributed by atoms with Gasteiger partial charge in [-0.15, -0.1) is 0 Å². The Bertz CT molecular complexity index is 775. The molecule has 0 saturated carbocycles. The van der Waals surface area contributed by atoms with Crippen molar-refractivity contribution in [2.45, 2.75) is 38.8 Å². The standard InChI is InChI=1S/C22H32N4O3/c1-16(2)26-8-7-22(15-26)14-19(23-21(22)28)20(27)25-11-9-24(10-12-25)17-5-4-6-18(13-17)29-3/h4-6,13,16,19H,7-12,14-15H2,1-3H3,(H,23,28)/t19-,22+/m0/s1. The maximum Gasteiger partial charge on any atom is 0.245 e. The minimum absolute atomic E-state index is 0.0639. The number of piperazine rings is 1. The predicted octanol–water partition coefficient (Wildman–Crippen LogP) is 1.33. The molecule has 7 heteroatoms. The molecule has 0 bridgehead atoms. The summed E-state index contributed by atoms with van der Waals surface area (Å²) in [5.74, 6) is 0.976. The van der Waals surface area contributed by atoms with E-state index in [2.05, 4.69) is 35.0 Å². The first kappa shape index (κ1) is 20.0. The quantitative estimate of drug-likeness (QED) is 0.826. The van der Waals surface area contributed by atoms with Crippen molar-refractivity contribution in [2.24, 2.45) is 5.41 Å². The molecule has 2 atom stereocenters. The van der Waals surface area contributed by atoms with E-state index < -0.39 is 0 Å². The van der Waals surface area contributed by atoms with Crippen LogP contribution >= 0.6 is 0 Å². The molecule has 0 unspecified atom stereocenters. The van der Waals surface area contributed by atoms with Crippen molar-refractivity contribution >= 4 is 17.5 Å². The van der Waals surface area contributed by atoms with Crippen LogP contribution in [-0.4, -0.2) is 80.1 Å². The summed E-state index contributed by atoms with van der Waals surface area (Å²) in [4.78, 5) is 32.4. The number of nitrogens with one attached hydrogen (secondary N) is 1. The van der Waals surface area contributed by atoms with Crippen molar-refractivity contribution in [3.63, 3.8) is 0 Å². The zero-order valence-corrected chi connectivity index (χ0v) is 17.7. The highest BCUT2D eigenvalue weighted by atomic mass is 16.5. The molecule has 1 spiro atoms. The Hall–Kier alpha value is -2.28. The monoisotopic (exact) mass is 400 g/mol. The molecule has 3 aliphatic rings. The number of hydrogen-bond acceptors (Lipinski definition) is 5. The third-order valence-corrected chi connectivity index (χ3v) is 6.80. The Morgan fingerprint density at radius 2 is 1.97 bits per heavy atom. The third-order valence-electron chi connectivity index (χ3n) is 6.80. The summed E-state index contributed by atoms with van der Waals surface area (Å²) in [7, 11) is 1.67. The normalized spacial score (nSPS) is 27.7. The average Bonchev–Trinajstić information content (AvgIpc) is 3.32. The van der Waals surface area contributed by atoms with E-state index in [0.29, 0.717) is 25.6 Å². The van der Waals surface area contributed by atoms with Crippen LogP contribution in [0.5, 0.6) is 5.75 Å². The van der Waals surface area contributed by atoms with Crippen LogP contribution in [0.2, 0.25) is 0 Å². The van der Waals surface area contributed by atoms with Gasteiger partial charge in [-0.25, -0.2) is 0 Å². The van der Waals surface area contributed by atoms with Crippen LogP contribution in [0.25, 0.3) is 0 Å². The molecule has 1 N–H and O–H groups in total. The van der Waals surface area contributed by atoms with Gasteiger partial charge in [0.2, 0.25) is 11.8 Å². The second kappa shape index (κ2) is 7.86. The van der Waals surface area contributed by atoms with Gasteiger partial charge in [-0.2, -0.15) is 0 Å². The Labute approximate surface area is 173 Å².